The maximum absolute atomic E-state index is 12.0. The molecule has 0 unspecified atom stereocenters. The highest BCUT2D eigenvalue weighted by Gasteiger charge is 2.12. The molecule has 0 aliphatic carbocycles. The number of aryl methyl sites for hydroxylation is 1. The van der Waals surface area contributed by atoms with Gasteiger partial charge < -0.3 is 0 Å². The standard InChI is InChI=1S/C12H10N4OS/c1-8-7-18-12(13-8)14-11(17)10-6-9-4-2-3-5-16(9)15-10/h2-7H,1H3,(H,13,14,17). The van der Waals surface area contributed by atoms with Crippen LogP contribution in [0.15, 0.2) is 35.8 Å². The molecule has 1 N–H and O–H groups in total. The molecule has 3 aromatic rings. The van der Waals surface area contributed by atoms with Crippen molar-refractivity contribution in [1.29, 1.82) is 0 Å². The van der Waals surface area contributed by atoms with Crippen LogP contribution >= 0.6 is 11.3 Å². The molecule has 6 heteroatoms. The third kappa shape index (κ3) is 1.98. The number of carbonyl (C=O) groups is 1. The number of aromatic nitrogens is 3. The molecule has 0 atom stereocenters. The highest BCUT2D eigenvalue weighted by atomic mass is 32.1. The zero-order valence-electron chi connectivity index (χ0n) is 9.62. The lowest BCUT2D eigenvalue weighted by atomic mass is 10.3. The molecule has 0 aromatic carbocycles. The first kappa shape index (κ1) is 10.9. The molecule has 0 fully saturated rings. The number of rotatable bonds is 2. The van der Waals surface area contributed by atoms with Gasteiger partial charge in [0.1, 0.15) is 0 Å². The summed E-state index contributed by atoms with van der Waals surface area (Å²) in [6.07, 6.45) is 1.81. The average molecular weight is 258 g/mol. The predicted octanol–water partition coefficient (Wildman–Crippen LogP) is 2.35. The van der Waals surface area contributed by atoms with Crippen molar-refractivity contribution in [3.05, 3.63) is 47.2 Å². The van der Waals surface area contributed by atoms with E-state index in [1.165, 1.54) is 11.3 Å². The third-order valence-electron chi connectivity index (χ3n) is 2.44. The maximum Gasteiger partial charge on any atom is 0.277 e. The van der Waals surface area contributed by atoms with Crippen molar-refractivity contribution >= 4 is 27.9 Å². The molecule has 0 aliphatic rings. The Morgan fingerprint density at radius 3 is 3.06 bits per heavy atom. The normalized spacial score (nSPS) is 10.7. The molecule has 0 bridgehead atoms. The van der Waals surface area contributed by atoms with Crippen LogP contribution in [0.5, 0.6) is 0 Å². The second-order valence-corrected chi connectivity index (χ2v) is 4.71. The number of anilines is 1. The van der Waals surface area contributed by atoms with Crippen molar-refractivity contribution in [2.75, 3.05) is 5.32 Å². The number of pyridine rings is 1. The summed E-state index contributed by atoms with van der Waals surface area (Å²) in [7, 11) is 0. The second kappa shape index (κ2) is 4.23. The molecule has 0 saturated heterocycles. The topological polar surface area (TPSA) is 59.3 Å². The van der Waals surface area contributed by atoms with Crippen molar-refractivity contribution < 1.29 is 4.79 Å². The minimum Gasteiger partial charge on any atom is -0.296 e. The fraction of sp³-hybridized carbons (Fsp3) is 0.0833. The molecule has 0 aliphatic heterocycles. The molecule has 3 aromatic heterocycles. The van der Waals surface area contributed by atoms with Gasteiger partial charge in [-0.3, -0.25) is 10.1 Å². The van der Waals surface area contributed by atoms with Gasteiger partial charge in [-0.2, -0.15) is 5.10 Å². The summed E-state index contributed by atoms with van der Waals surface area (Å²) < 4.78 is 1.67. The summed E-state index contributed by atoms with van der Waals surface area (Å²) in [5.74, 6) is -0.243. The predicted molar refractivity (Wildman–Crippen MR) is 70.0 cm³/mol. The summed E-state index contributed by atoms with van der Waals surface area (Å²) >= 11 is 1.40. The van der Waals surface area contributed by atoms with Gasteiger partial charge >= 0.3 is 0 Å². The van der Waals surface area contributed by atoms with E-state index < -0.39 is 0 Å². The van der Waals surface area contributed by atoms with Crippen LogP contribution < -0.4 is 5.32 Å². The average Bonchev–Trinajstić information content (AvgIpc) is 2.95. The smallest absolute Gasteiger partial charge is 0.277 e. The maximum atomic E-state index is 12.0. The number of nitrogens with zero attached hydrogens (tertiary/aromatic N) is 3. The van der Waals surface area contributed by atoms with E-state index in [9.17, 15) is 4.79 Å². The monoisotopic (exact) mass is 258 g/mol. The first-order chi connectivity index (χ1) is 8.72. The van der Waals surface area contributed by atoms with E-state index >= 15 is 0 Å². The van der Waals surface area contributed by atoms with Crippen LogP contribution in [0.2, 0.25) is 0 Å². The van der Waals surface area contributed by atoms with Crippen molar-refractivity contribution in [1.82, 2.24) is 14.6 Å². The molecule has 3 heterocycles. The van der Waals surface area contributed by atoms with Crippen molar-refractivity contribution in [2.45, 2.75) is 6.92 Å². The van der Waals surface area contributed by atoms with Gasteiger partial charge in [0.25, 0.3) is 5.91 Å². The van der Waals surface area contributed by atoms with Crippen molar-refractivity contribution in [3.8, 4) is 0 Å². The molecule has 18 heavy (non-hydrogen) atoms. The first-order valence-electron chi connectivity index (χ1n) is 5.40. The SMILES string of the molecule is Cc1csc(NC(=O)c2cc3ccccn3n2)n1. The number of thiazole rings is 1. The molecule has 90 valence electrons. The number of hydrogen-bond acceptors (Lipinski definition) is 4. The molecule has 0 radical (unpaired) electrons. The Kier molecular flexibility index (Phi) is 2.56. The van der Waals surface area contributed by atoms with Crippen LogP contribution in [0.4, 0.5) is 5.13 Å². The molecule has 3 rings (SSSR count). The Morgan fingerprint density at radius 2 is 2.33 bits per heavy atom. The minimum atomic E-state index is -0.243. The van der Waals surface area contributed by atoms with E-state index in [1.54, 1.807) is 16.8 Å². The van der Waals surface area contributed by atoms with Crippen LogP contribution in [-0.2, 0) is 0 Å². The Bertz CT molecular complexity index is 683. The molecule has 1 amide bonds. The summed E-state index contributed by atoms with van der Waals surface area (Å²) in [5.41, 5.74) is 2.16. The Labute approximate surface area is 107 Å². The van der Waals surface area contributed by atoms with Gasteiger partial charge in [-0.05, 0) is 25.1 Å². The summed E-state index contributed by atoms with van der Waals surface area (Å²) in [5, 5.41) is 9.41. The van der Waals surface area contributed by atoms with Crippen LogP contribution in [0, 0.1) is 6.92 Å². The van der Waals surface area contributed by atoms with Gasteiger partial charge in [-0.15, -0.1) is 11.3 Å². The number of hydrogen-bond donors (Lipinski definition) is 1. The van der Waals surface area contributed by atoms with Crippen molar-refractivity contribution in [2.24, 2.45) is 0 Å². The molecule has 0 spiro atoms. The van der Waals surface area contributed by atoms with Crippen LogP contribution in [0.3, 0.4) is 0 Å². The number of nitrogens with one attached hydrogen (secondary N) is 1. The van der Waals surface area contributed by atoms with E-state index in [4.69, 9.17) is 0 Å². The van der Waals surface area contributed by atoms with Gasteiger partial charge in [0, 0.05) is 11.6 Å². The molecular formula is C12H10N4OS. The van der Waals surface area contributed by atoms with Gasteiger partial charge in [-0.25, -0.2) is 9.50 Å². The van der Waals surface area contributed by atoms with Gasteiger partial charge in [-0.1, -0.05) is 6.07 Å². The minimum absolute atomic E-state index is 0.243. The Hall–Kier alpha value is -2.21. The first-order valence-corrected chi connectivity index (χ1v) is 6.28. The van der Waals surface area contributed by atoms with E-state index in [0.29, 0.717) is 10.8 Å². The second-order valence-electron chi connectivity index (χ2n) is 3.85. The van der Waals surface area contributed by atoms with E-state index in [1.807, 2.05) is 30.5 Å². The molecular weight excluding hydrogens is 248 g/mol. The van der Waals surface area contributed by atoms with E-state index in [0.717, 1.165) is 11.2 Å². The van der Waals surface area contributed by atoms with Crippen LogP contribution in [0.25, 0.3) is 5.52 Å². The van der Waals surface area contributed by atoms with E-state index in [2.05, 4.69) is 15.4 Å². The van der Waals surface area contributed by atoms with Gasteiger partial charge in [0.05, 0.1) is 11.2 Å². The fourth-order valence-electron chi connectivity index (χ4n) is 1.62. The lowest BCUT2D eigenvalue weighted by Gasteiger charge is -1.96. The highest BCUT2D eigenvalue weighted by Crippen LogP contribution is 2.15. The largest absolute Gasteiger partial charge is 0.296 e. The lowest BCUT2D eigenvalue weighted by molar-refractivity contribution is 0.102. The Morgan fingerprint density at radius 1 is 1.44 bits per heavy atom. The lowest BCUT2D eigenvalue weighted by Crippen LogP contribution is -2.12. The fourth-order valence-corrected chi connectivity index (χ4v) is 2.30. The number of carbonyl (C=O) groups excluding carboxylic acids is 1. The highest BCUT2D eigenvalue weighted by molar-refractivity contribution is 7.13. The van der Waals surface area contributed by atoms with Gasteiger partial charge in [0.15, 0.2) is 10.8 Å². The van der Waals surface area contributed by atoms with Gasteiger partial charge in [0.2, 0.25) is 0 Å². The van der Waals surface area contributed by atoms with Crippen LogP contribution in [-0.4, -0.2) is 20.5 Å². The van der Waals surface area contributed by atoms with E-state index in [-0.39, 0.29) is 5.91 Å². The quantitative estimate of drug-likeness (QED) is 0.767. The summed E-state index contributed by atoms with van der Waals surface area (Å²) in [6.45, 7) is 1.89. The summed E-state index contributed by atoms with van der Waals surface area (Å²) in [4.78, 5) is 16.2. The van der Waals surface area contributed by atoms with Crippen LogP contribution in [0.1, 0.15) is 16.2 Å². The molecule has 0 saturated carbocycles. The third-order valence-corrected chi connectivity index (χ3v) is 3.32. The summed E-state index contributed by atoms with van der Waals surface area (Å²) in [6, 6.07) is 7.42. The zero-order chi connectivity index (χ0) is 12.5. The number of fused-ring (bicyclic) bond motifs is 1. The molecule has 5 nitrogen and oxygen atoms in total. The van der Waals surface area contributed by atoms with Crippen molar-refractivity contribution in [3.63, 3.8) is 0 Å². The number of amides is 1. The Balaban J connectivity index is 1.87. The zero-order valence-corrected chi connectivity index (χ0v) is 10.4.